The average molecular weight is 235 g/mol. The lowest BCUT2D eigenvalue weighted by molar-refractivity contribution is -0.118. The summed E-state index contributed by atoms with van der Waals surface area (Å²) in [6.07, 6.45) is 0.832. The number of carbonyl (C=O) groups excluding carboxylic acids is 1. The second-order valence-corrected chi connectivity index (χ2v) is 3.81. The Morgan fingerprint density at radius 3 is 2.59 bits per heavy atom. The van der Waals surface area contributed by atoms with Gasteiger partial charge in [-0.05, 0) is 12.1 Å². The quantitative estimate of drug-likeness (QED) is 0.750. The third-order valence-corrected chi connectivity index (χ3v) is 2.74. The van der Waals surface area contributed by atoms with Gasteiger partial charge in [0.15, 0.2) is 5.69 Å². The highest BCUT2D eigenvalue weighted by Gasteiger charge is 2.17. The van der Waals surface area contributed by atoms with Gasteiger partial charge in [-0.1, -0.05) is 6.07 Å². The van der Waals surface area contributed by atoms with Crippen molar-refractivity contribution in [3.8, 4) is 0 Å². The van der Waals surface area contributed by atoms with Crippen molar-refractivity contribution >= 4 is 18.2 Å². The molecule has 1 saturated heterocycles. The predicted octanol–water partition coefficient (Wildman–Crippen LogP) is 0.0582. The summed E-state index contributed by atoms with van der Waals surface area (Å²) in [7, 11) is 0. The van der Waals surface area contributed by atoms with Crippen LogP contribution >= 0.6 is 0 Å². The summed E-state index contributed by atoms with van der Waals surface area (Å²) < 4.78 is 0. The molecule has 0 aliphatic carbocycles. The third kappa shape index (κ3) is 2.52. The Morgan fingerprint density at radius 1 is 1.29 bits per heavy atom. The second-order valence-electron chi connectivity index (χ2n) is 3.81. The van der Waals surface area contributed by atoms with E-state index >= 15 is 0 Å². The number of carboxylic acids is 1. The van der Waals surface area contributed by atoms with Crippen LogP contribution in [0.2, 0.25) is 0 Å². The highest BCUT2D eigenvalue weighted by atomic mass is 16.4. The number of aromatic carboxylic acids is 1. The zero-order valence-corrected chi connectivity index (χ0v) is 9.24. The SMILES string of the molecule is O=CN1CCN(c2cccc(C(=O)O)n2)CC1. The van der Waals surface area contributed by atoms with Crippen molar-refractivity contribution in [2.45, 2.75) is 0 Å². The van der Waals surface area contributed by atoms with Crippen molar-refractivity contribution in [1.29, 1.82) is 0 Å². The number of nitrogens with zero attached hydrogens (tertiary/aromatic N) is 3. The summed E-state index contributed by atoms with van der Waals surface area (Å²) in [6, 6.07) is 4.92. The van der Waals surface area contributed by atoms with Gasteiger partial charge in [-0.2, -0.15) is 0 Å². The van der Waals surface area contributed by atoms with Crippen LogP contribution in [0.15, 0.2) is 18.2 Å². The van der Waals surface area contributed by atoms with Crippen LogP contribution in [0.1, 0.15) is 10.5 Å². The molecule has 0 aromatic carbocycles. The first-order chi connectivity index (χ1) is 8.20. The molecule has 1 aromatic rings. The average Bonchev–Trinajstić information content (AvgIpc) is 2.39. The fraction of sp³-hybridized carbons (Fsp3) is 0.364. The molecule has 0 saturated carbocycles. The summed E-state index contributed by atoms with van der Waals surface area (Å²) in [6.45, 7) is 2.63. The van der Waals surface area contributed by atoms with E-state index in [2.05, 4.69) is 4.98 Å². The van der Waals surface area contributed by atoms with E-state index in [4.69, 9.17) is 5.11 Å². The summed E-state index contributed by atoms with van der Waals surface area (Å²) >= 11 is 0. The number of carboxylic acid groups (broad SMARTS) is 1. The Hall–Kier alpha value is -2.11. The molecule has 2 rings (SSSR count). The molecule has 6 nitrogen and oxygen atoms in total. The molecular weight excluding hydrogens is 222 g/mol. The maximum Gasteiger partial charge on any atom is 0.354 e. The molecule has 6 heteroatoms. The van der Waals surface area contributed by atoms with Crippen LogP contribution in [0.25, 0.3) is 0 Å². The van der Waals surface area contributed by atoms with Gasteiger partial charge in [-0.25, -0.2) is 9.78 Å². The van der Waals surface area contributed by atoms with Crippen LogP contribution in [0, 0.1) is 0 Å². The molecule has 0 spiro atoms. The minimum Gasteiger partial charge on any atom is -0.477 e. The van der Waals surface area contributed by atoms with Crippen molar-refractivity contribution in [3.63, 3.8) is 0 Å². The van der Waals surface area contributed by atoms with Gasteiger partial charge in [-0.3, -0.25) is 4.79 Å². The van der Waals surface area contributed by atoms with Crippen LogP contribution < -0.4 is 4.90 Å². The van der Waals surface area contributed by atoms with E-state index < -0.39 is 5.97 Å². The van der Waals surface area contributed by atoms with Gasteiger partial charge in [0, 0.05) is 26.2 Å². The van der Waals surface area contributed by atoms with Crippen molar-refractivity contribution in [3.05, 3.63) is 23.9 Å². The first-order valence-corrected chi connectivity index (χ1v) is 5.35. The molecule has 90 valence electrons. The van der Waals surface area contributed by atoms with Gasteiger partial charge in [0.2, 0.25) is 6.41 Å². The van der Waals surface area contributed by atoms with Gasteiger partial charge in [0.25, 0.3) is 0 Å². The Labute approximate surface area is 98.5 Å². The topological polar surface area (TPSA) is 73.7 Å². The second kappa shape index (κ2) is 4.82. The zero-order chi connectivity index (χ0) is 12.3. The summed E-state index contributed by atoms with van der Waals surface area (Å²) in [5, 5.41) is 8.85. The highest BCUT2D eigenvalue weighted by molar-refractivity contribution is 5.85. The maximum absolute atomic E-state index is 10.8. The van der Waals surface area contributed by atoms with E-state index in [0.717, 1.165) is 6.41 Å². The molecule has 0 radical (unpaired) electrons. The number of hydrogen-bond donors (Lipinski definition) is 1. The normalized spacial score (nSPS) is 15.8. The van der Waals surface area contributed by atoms with Crippen molar-refractivity contribution in [2.24, 2.45) is 0 Å². The van der Waals surface area contributed by atoms with E-state index in [0.29, 0.717) is 32.0 Å². The molecule has 0 bridgehead atoms. The molecule has 17 heavy (non-hydrogen) atoms. The highest BCUT2D eigenvalue weighted by Crippen LogP contribution is 2.13. The molecule has 0 atom stereocenters. The number of aromatic nitrogens is 1. The van der Waals surface area contributed by atoms with Crippen molar-refractivity contribution < 1.29 is 14.7 Å². The molecule has 1 aliphatic heterocycles. The van der Waals surface area contributed by atoms with Gasteiger partial charge in [0.1, 0.15) is 5.82 Å². The summed E-state index contributed by atoms with van der Waals surface area (Å²) in [5.74, 6) is -0.381. The Bertz CT molecular complexity index is 428. The fourth-order valence-electron chi connectivity index (χ4n) is 1.77. The molecular formula is C11H13N3O3. The molecule has 1 aromatic heterocycles. The monoisotopic (exact) mass is 235 g/mol. The maximum atomic E-state index is 10.8. The Kier molecular flexibility index (Phi) is 3.22. The van der Waals surface area contributed by atoms with E-state index in [1.807, 2.05) is 4.90 Å². The van der Waals surface area contributed by atoms with Crippen LogP contribution in [-0.4, -0.2) is 53.5 Å². The van der Waals surface area contributed by atoms with Crippen molar-refractivity contribution in [2.75, 3.05) is 31.1 Å². The van der Waals surface area contributed by atoms with E-state index in [9.17, 15) is 9.59 Å². The number of amides is 1. The number of carbonyl (C=O) groups is 2. The Balaban J connectivity index is 2.10. The molecule has 1 N–H and O–H groups in total. The lowest BCUT2D eigenvalue weighted by atomic mass is 10.3. The Morgan fingerprint density at radius 2 is 2.00 bits per heavy atom. The molecule has 1 aliphatic rings. The van der Waals surface area contributed by atoms with Gasteiger partial charge < -0.3 is 14.9 Å². The number of anilines is 1. The van der Waals surface area contributed by atoms with Crippen LogP contribution in [0.5, 0.6) is 0 Å². The lowest BCUT2D eigenvalue weighted by Gasteiger charge is -2.33. The number of rotatable bonds is 3. The molecule has 2 heterocycles. The number of hydrogen-bond acceptors (Lipinski definition) is 4. The number of pyridine rings is 1. The van der Waals surface area contributed by atoms with Crippen LogP contribution in [0.4, 0.5) is 5.82 Å². The van der Waals surface area contributed by atoms with E-state index in [1.165, 1.54) is 6.07 Å². The molecule has 1 fully saturated rings. The van der Waals surface area contributed by atoms with E-state index in [-0.39, 0.29) is 5.69 Å². The van der Waals surface area contributed by atoms with Crippen molar-refractivity contribution in [1.82, 2.24) is 9.88 Å². The summed E-state index contributed by atoms with van der Waals surface area (Å²) in [4.78, 5) is 29.1. The molecule has 1 amide bonds. The summed E-state index contributed by atoms with van der Waals surface area (Å²) in [5.41, 5.74) is 0.0420. The zero-order valence-electron chi connectivity index (χ0n) is 9.24. The largest absolute Gasteiger partial charge is 0.477 e. The van der Waals surface area contributed by atoms with Gasteiger partial charge in [-0.15, -0.1) is 0 Å². The van der Waals surface area contributed by atoms with E-state index in [1.54, 1.807) is 17.0 Å². The fourth-order valence-corrected chi connectivity index (χ4v) is 1.77. The van der Waals surface area contributed by atoms with Gasteiger partial charge >= 0.3 is 5.97 Å². The predicted molar refractivity (Wildman–Crippen MR) is 61.0 cm³/mol. The van der Waals surface area contributed by atoms with Gasteiger partial charge in [0.05, 0.1) is 0 Å². The minimum atomic E-state index is -1.03. The third-order valence-electron chi connectivity index (χ3n) is 2.74. The first kappa shape index (κ1) is 11.4. The first-order valence-electron chi connectivity index (χ1n) is 5.35. The minimum absolute atomic E-state index is 0.0420. The smallest absolute Gasteiger partial charge is 0.354 e. The number of piperazine rings is 1. The molecule has 0 unspecified atom stereocenters. The standard InChI is InChI=1S/C11H13N3O3/c15-8-13-4-6-14(7-5-13)10-3-1-2-9(12-10)11(16)17/h1-3,8H,4-7H2,(H,16,17). The van der Waals surface area contributed by atoms with Crippen LogP contribution in [-0.2, 0) is 4.79 Å². The lowest BCUT2D eigenvalue weighted by Crippen LogP contribution is -2.46. The van der Waals surface area contributed by atoms with Crippen LogP contribution in [0.3, 0.4) is 0 Å².